The standard InChI is InChI=1S/C16H32N4O/c1-4-5-6-8-13(2)19-16(17-3)18-12-7-9-15(21)20-14-10-11-14/h13-14H,4-12H2,1-3H3,(H,20,21)(H2,17,18,19). The van der Waals surface area contributed by atoms with E-state index in [-0.39, 0.29) is 5.91 Å². The average Bonchev–Trinajstić information content (AvgIpc) is 3.26. The normalized spacial score (nSPS) is 16.4. The van der Waals surface area contributed by atoms with Crippen molar-refractivity contribution in [2.45, 2.75) is 77.3 Å². The first-order chi connectivity index (χ1) is 10.2. The first kappa shape index (κ1) is 17.8. The highest BCUT2D eigenvalue weighted by Gasteiger charge is 2.22. The molecule has 0 aromatic carbocycles. The first-order valence-corrected chi connectivity index (χ1v) is 8.42. The number of carbonyl (C=O) groups excluding carboxylic acids is 1. The summed E-state index contributed by atoms with van der Waals surface area (Å²) < 4.78 is 0. The number of carbonyl (C=O) groups is 1. The molecule has 1 fully saturated rings. The maximum absolute atomic E-state index is 11.5. The maximum atomic E-state index is 11.5. The monoisotopic (exact) mass is 296 g/mol. The van der Waals surface area contributed by atoms with Crippen LogP contribution in [0.4, 0.5) is 0 Å². The number of amides is 1. The number of nitrogens with zero attached hydrogens (tertiary/aromatic N) is 1. The van der Waals surface area contributed by atoms with Gasteiger partial charge in [0.25, 0.3) is 0 Å². The number of nitrogens with one attached hydrogen (secondary N) is 3. The van der Waals surface area contributed by atoms with Crippen LogP contribution in [0.2, 0.25) is 0 Å². The molecule has 5 nitrogen and oxygen atoms in total. The molecule has 0 aliphatic heterocycles. The number of hydrogen-bond donors (Lipinski definition) is 3. The summed E-state index contributed by atoms with van der Waals surface area (Å²) in [6.45, 7) is 5.18. The average molecular weight is 296 g/mol. The third kappa shape index (κ3) is 9.32. The van der Waals surface area contributed by atoms with E-state index in [0.717, 1.165) is 31.8 Å². The maximum Gasteiger partial charge on any atom is 0.220 e. The molecule has 1 amide bonds. The van der Waals surface area contributed by atoms with Crippen molar-refractivity contribution in [3.8, 4) is 0 Å². The van der Waals surface area contributed by atoms with Gasteiger partial charge in [-0.1, -0.05) is 26.2 Å². The highest BCUT2D eigenvalue weighted by atomic mass is 16.1. The summed E-state index contributed by atoms with van der Waals surface area (Å²) in [6, 6.07) is 0.893. The lowest BCUT2D eigenvalue weighted by molar-refractivity contribution is -0.121. The fourth-order valence-electron chi connectivity index (χ4n) is 2.18. The Kier molecular flexibility index (Phi) is 8.87. The van der Waals surface area contributed by atoms with E-state index in [4.69, 9.17) is 0 Å². The van der Waals surface area contributed by atoms with Gasteiger partial charge < -0.3 is 16.0 Å². The summed E-state index contributed by atoms with van der Waals surface area (Å²) in [4.78, 5) is 15.8. The van der Waals surface area contributed by atoms with Gasteiger partial charge in [-0.15, -0.1) is 0 Å². The van der Waals surface area contributed by atoms with Gasteiger partial charge in [-0.25, -0.2) is 0 Å². The summed E-state index contributed by atoms with van der Waals surface area (Å²) >= 11 is 0. The summed E-state index contributed by atoms with van der Waals surface area (Å²) in [5, 5.41) is 9.67. The molecule has 0 spiro atoms. The fraction of sp³-hybridized carbons (Fsp3) is 0.875. The van der Waals surface area contributed by atoms with Crippen molar-refractivity contribution in [2.24, 2.45) is 4.99 Å². The smallest absolute Gasteiger partial charge is 0.220 e. The molecule has 21 heavy (non-hydrogen) atoms. The summed E-state index contributed by atoms with van der Waals surface area (Å²) in [5.41, 5.74) is 0. The van der Waals surface area contributed by atoms with E-state index in [1.807, 2.05) is 0 Å². The third-order valence-corrected chi connectivity index (χ3v) is 3.66. The number of hydrogen-bond acceptors (Lipinski definition) is 2. The molecule has 0 radical (unpaired) electrons. The van der Waals surface area contributed by atoms with E-state index >= 15 is 0 Å². The lowest BCUT2D eigenvalue weighted by Gasteiger charge is -2.17. The van der Waals surface area contributed by atoms with Crippen molar-refractivity contribution in [2.75, 3.05) is 13.6 Å². The molecule has 1 aliphatic rings. The van der Waals surface area contributed by atoms with Crippen molar-refractivity contribution in [1.82, 2.24) is 16.0 Å². The van der Waals surface area contributed by atoms with Crippen LogP contribution in [0.1, 0.15) is 65.2 Å². The van der Waals surface area contributed by atoms with Crippen LogP contribution in [0.25, 0.3) is 0 Å². The molecule has 0 heterocycles. The Hall–Kier alpha value is -1.26. The topological polar surface area (TPSA) is 65.5 Å². The number of aliphatic imine (C=N–C) groups is 1. The van der Waals surface area contributed by atoms with Gasteiger partial charge in [0.05, 0.1) is 0 Å². The second kappa shape index (κ2) is 10.5. The largest absolute Gasteiger partial charge is 0.356 e. The summed E-state index contributed by atoms with van der Waals surface area (Å²) in [7, 11) is 1.79. The van der Waals surface area contributed by atoms with Gasteiger partial charge in [-0.05, 0) is 32.6 Å². The number of guanidine groups is 1. The van der Waals surface area contributed by atoms with Gasteiger partial charge in [-0.3, -0.25) is 9.79 Å². The van der Waals surface area contributed by atoms with E-state index in [0.29, 0.717) is 18.5 Å². The molecule has 0 bridgehead atoms. The second-order valence-electron chi connectivity index (χ2n) is 5.99. The van der Waals surface area contributed by atoms with Gasteiger partial charge >= 0.3 is 0 Å². The van der Waals surface area contributed by atoms with E-state index < -0.39 is 0 Å². The highest BCUT2D eigenvalue weighted by Crippen LogP contribution is 2.18. The van der Waals surface area contributed by atoms with E-state index in [1.54, 1.807) is 7.05 Å². The molecular weight excluding hydrogens is 264 g/mol. The number of unbranched alkanes of at least 4 members (excludes halogenated alkanes) is 2. The van der Waals surface area contributed by atoms with Gasteiger partial charge in [0.15, 0.2) is 5.96 Å². The molecule has 0 aromatic rings. The summed E-state index contributed by atoms with van der Waals surface area (Å²) in [5.74, 6) is 1.01. The first-order valence-electron chi connectivity index (χ1n) is 8.42. The van der Waals surface area contributed by atoms with E-state index in [9.17, 15) is 4.79 Å². The van der Waals surface area contributed by atoms with Crippen LogP contribution in [0, 0.1) is 0 Å². The minimum absolute atomic E-state index is 0.176. The van der Waals surface area contributed by atoms with Crippen LogP contribution in [-0.2, 0) is 4.79 Å². The zero-order valence-corrected chi connectivity index (χ0v) is 13.9. The fourth-order valence-corrected chi connectivity index (χ4v) is 2.18. The molecular formula is C16H32N4O. The Morgan fingerprint density at radius 1 is 1.29 bits per heavy atom. The van der Waals surface area contributed by atoms with Gasteiger partial charge in [-0.2, -0.15) is 0 Å². The number of rotatable bonds is 10. The van der Waals surface area contributed by atoms with E-state index in [2.05, 4.69) is 34.8 Å². The van der Waals surface area contributed by atoms with Crippen LogP contribution in [0.3, 0.4) is 0 Å². The Morgan fingerprint density at radius 3 is 2.67 bits per heavy atom. The summed E-state index contributed by atoms with van der Waals surface area (Å²) in [6.07, 6.45) is 8.68. The van der Waals surface area contributed by atoms with Crippen LogP contribution in [0.15, 0.2) is 4.99 Å². The predicted octanol–water partition coefficient (Wildman–Crippen LogP) is 2.18. The van der Waals surface area contributed by atoms with Crippen LogP contribution in [-0.4, -0.2) is 37.5 Å². The van der Waals surface area contributed by atoms with Gasteiger partial charge in [0.1, 0.15) is 0 Å². The van der Waals surface area contributed by atoms with Gasteiger partial charge in [0.2, 0.25) is 5.91 Å². The Labute approximate surface area is 129 Å². The second-order valence-corrected chi connectivity index (χ2v) is 5.99. The molecule has 122 valence electrons. The predicted molar refractivity (Wildman–Crippen MR) is 88.5 cm³/mol. The third-order valence-electron chi connectivity index (χ3n) is 3.66. The molecule has 1 saturated carbocycles. The van der Waals surface area contributed by atoms with Crippen LogP contribution >= 0.6 is 0 Å². The Bertz CT molecular complexity index is 326. The van der Waals surface area contributed by atoms with Crippen molar-refractivity contribution in [1.29, 1.82) is 0 Å². The molecule has 0 aromatic heterocycles. The van der Waals surface area contributed by atoms with Crippen molar-refractivity contribution in [3.05, 3.63) is 0 Å². The minimum atomic E-state index is 0.176. The lowest BCUT2D eigenvalue weighted by atomic mass is 10.1. The van der Waals surface area contributed by atoms with Crippen molar-refractivity contribution >= 4 is 11.9 Å². The van der Waals surface area contributed by atoms with Crippen LogP contribution in [0.5, 0.6) is 0 Å². The lowest BCUT2D eigenvalue weighted by Crippen LogP contribution is -2.42. The molecule has 0 saturated heterocycles. The Balaban J connectivity index is 2.05. The molecule has 3 N–H and O–H groups in total. The zero-order chi connectivity index (χ0) is 15.5. The zero-order valence-electron chi connectivity index (χ0n) is 13.9. The quantitative estimate of drug-likeness (QED) is 0.329. The minimum Gasteiger partial charge on any atom is -0.356 e. The van der Waals surface area contributed by atoms with Gasteiger partial charge in [0, 0.05) is 32.1 Å². The molecule has 1 atom stereocenters. The van der Waals surface area contributed by atoms with E-state index in [1.165, 1.54) is 25.7 Å². The van der Waals surface area contributed by atoms with Crippen molar-refractivity contribution < 1.29 is 4.79 Å². The molecule has 1 aliphatic carbocycles. The highest BCUT2D eigenvalue weighted by molar-refractivity contribution is 5.80. The van der Waals surface area contributed by atoms with Crippen LogP contribution < -0.4 is 16.0 Å². The Morgan fingerprint density at radius 2 is 2.05 bits per heavy atom. The molecule has 1 rings (SSSR count). The van der Waals surface area contributed by atoms with Crippen molar-refractivity contribution in [3.63, 3.8) is 0 Å². The molecule has 1 unspecified atom stereocenters. The SMILES string of the molecule is CCCCCC(C)NC(=NC)NCCCC(=O)NC1CC1. The molecule has 5 heteroatoms.